The lowest BCUT2D eigenvalue weighted by atomic mass is 10.0. The number of nitrogens with one attached hydrogen (secondary N) is 1. The molecule has 0 aromatic heterocycles. The van der Waals surface area contributed by atoms with E-state index in [0.717, 1.165) is 15.4 Å². The molecule has 0 fully saturated rings. The molecule has 0 saturated carbocycles. The van der Waals surface area contributed by atoms with Crippen LogP contribution in [0.25, 0.3) is 0 Å². The molecule has 7 nitrogen and oxygen atoms in total. The van der Waals surface area contributed by atoms with Gasteiger partial charge in [0.1, 0.15) is 12.6 Å². The van der Waals surface area contributed by atoms with E-state index < -0.39 is 28.5 Å². The molecule has 0 radical (unpaired) electrons. The van der Waals surface area contributed by atoms with E-state index in [-0.39, 0.29) is 35.5 Å². The van der Waals surface area contributed by atoms with Gasteiger partial charge >= 0.3 is 0 Å². The first-order valence-corrected chi connectivity index (χ1v) is 17.4. The van der Waals surface area contributed by atoms with E-state index >= 15 is 0 Å². The van der Waals surface area contributed by atoms with Gasteiger partial charge in [0.25, 0.3) is 10.0 Å². The van der Waals surface area contributed by atoms with Crippen molar-refractivity contribution in [1.29, 1.82) is 0 Å². The Balaban J connectivity index is 1.82. The first kappa shape index (κ1) is 35.3. The quantitative estimate of drug-likeness (QED) is 0.155. The molecule has 2 amide bonds. The molecule has 46 heavy (non-hydrogen) atoms. The minimum Gasteiger partial charge on any atom is -0.352 e. The van der Waals surface area contributed by atoms with Crippen molar-refractivity contribution in [3.8, 4) is 0 Å². The number of hydrogen-bond acceptors (Lipinski definition) is 4. The summed E-state index contributed by atoms with van der Waals surface area (Å²) in [5.74, 6) is -0.942. The van der Waals surface area contributed by atoms with Crippen LogP contribution in [0.1, 0.15) is 37.0 Å². The minimum absolute atomic E-state index is 0.0206. The maximum absolute atomic E-state index is 14.5. The second-order valence-electron chi connectivity index (χ2n) is 11.1. The number of nitrogens with zero attached hydrogens (tertiary/aromatic N) is 2. The zero-order valence-corrected chi connectivity index (χ0v) is 28.9. The second kappa shape index (κ2) is 15.8. The van der Waals surface area contributed by atoms with Gasteiger partial charge in [-0.15, -0.1) is 0 Å². The van der Waals surface area contributed by atoms with E-state index in [2.05, 4.69) is 5.32 Å². The summed E-state index contributed by atoms with van der Waals surface area (Å²) < 4.78 is 29.3. The summed E-state index contributed by atoms with van der Waals surface area (Å²) in [6.45, 7) is 5.09. The lowest BCUT2D eigenvalue weighted by Gasteiger charge is -2.34. The van der Waals surface area contributed by atoms with Gasteiger partial charge in [-0.1, -0.05) is 95.8 Å². The van der Waals surface area contributed by atoms with E-state index in [1.807, 2.05) is 51.1 Å². The highest BCUT2D eigenvalue weighted by molar-refractivity contribution is 7.92. The molecule has 0 unspecified atom stereocenters. The fraction of sp³-hybridized carbons (Fsp3) is 0.257. The van der Waals surface area contributed by atoms with Crippen molar-refractivity contribution < 1.29 is 18.0 Å². The van der Waals surface area contributed by atoms with E-state index in [9.17, 15) is 18.0 Å². The van der Waals surface area contributed by atoms with Crippen LogP contribution < -0.4 is 9.62 Å². The van der Waals surface area contributed by atoms with Crippen LogP contribution in [-0.4, -0.2) is 43.8 Å². The fourth-order valence-corrected chi connectivity index (χ4v) is 6.66. The molecule has 0 heterocycles. The zero-order valence-electron chi connectivity index (χ0n) is 25.8. The van der Waals surface area contributed by atoms with Gasteiger partial charge in [0, 0.05) is 24.0 Å². The Kier molecular flexibility index (Phi) is 12.1. The molecule has 4 aromatic carbocycles. The Morgan fingerprint density at radius 2 is 1.48 bits per heavy atom. The number of carbonyl (C=O) groups is 2. The Labute approximate surface area is 286 Å². The predicted octanol–water partition coefficient (Wildman–Crippen LogP) is 7.71. The Hall–Kier alpha value is -3.56. The SMILES string of the molecule is CC[C@H](C)NC(=O)[C@@H](Cc1ccccc1)N(Cc1ccc(Cl)c(Cl)c1)C(=O)CN(c1ccc(Cl)cc1)S(=O)(=O)c1ccc(C)cc1. The van der Waals surface area contributed by atoms with Gasteiger partial charge in [-0.25, -0.2) is 8.42 Å². The van der Waals surface area contributed by atoms with Crippen LogP contribution in [0.2, 0.25) is 15.1 Å². The summed E-state index contributed by atoms with van der Waals surface area (Å²) in [4.78, 5) is 29.9. The maximum atomic E-state index is 14.5. The summed E-state index contributed by atoms with van der Waals surface area (Å²) >= 11 is 18.7. The smallest absolute Gasteiger partial charge is 0.264 e. The number of anilines is 1. The summed E-state index contributed by atoms with van der Waals surface area (Å²) in [6, 6.07) is 25.8. The van der Waals surface area contributed by atoms with Crippen LogP contribution in [0.4, 0.5) is 5.69 Å². The van der Waals surface area contributed by atoms with Crippen LogP contribution in [-0.2, 0) is 32.6 Å². The highest BCUT2D eigenvalue weighted by atomic mass is 35.5. The van der Waals surface area contributed by atoms with E-state index in [0.29, 0.717) is 27.1 Å². The van der Waals surface area contributed by atoms with Crippen molar-refractivity contribution in [3.05, 3.63) is 129 Å². The summed E-state index contributed by atoms with van der Waals surface area (Å²) in [6.07, 6.45) is 0.880. The number of hydrogen-bond donors (Lipinski definition) is 1. The molecule has 4 rings (SSSR count). The average Bonchev–Trinajstić information content (AvgIpc) is 3.04. The van der Waals surface area contributed by atoms with Crippen LogP contribution in [0.3, 0.4) is 0 Å². The van der Waals surface area contributed by atoms with Crippen LogP contribution in [0.5, 0.6) is 0 Å². The standard InChI is InChI=1S/C35H36Cl3N3O4S/c1-4-25(3)39-35(43)33(21-26-8-6-5-7-9-26)40(22-27-12-19-31(37)32(38)20-27)34(42)23-41(29-15-13-28(36)14-16-29)46(44,45)30-17-10-24(2)11-18-30/h5-20,25,33H,4,21-23H2,1-3H3,(H,39,43)/t25-,33+/m0/s1. The molecular formula is C35H36Cl3N3O4S. The zero-order chi connectivity index (χ0) is 33.4. The van der Waals surface area contributed by atoms with E-state index in [4.69, 9.17) is 34.8 Å². The fourth-order valence-electron chi connectivity index (χ4n) is 4.80. The Bertz CT molecular complexity index is 1750. The van der Waals surface area contributed by atoms with Gasteiger partial charge < -0.3 is 10.2 Å². The molecule has 0 aliphatic rings. The summed E-state index contributed by atoms with van der Waals surface area (Å²) in [5, 5.41) is 4.06. The summed E-state index contributed by atoms with van der Waals surface area (Å²) in [7, 11) is -4.22. The lowest BCUT2D eigenvalue weighted by molar-refractivity contribution is -0.140. The molecule has 2 atom stereocenters. The van der Waals surface area contributed by atoms with Gasteiger partial charge in [-0.2, -0.15) is 0 Å². The lowest BCUT2D eigenvalue weighted by Crippen LogP contribution is -2.54. The van der Waals surface area contributed by atoms with Crippen molar-refractivity contribution >= 4 is 62.3 Å². The monoisotopic (exact) mass is 699 g/mol. The third-order valence-corrected chi connectivity index (χ3v) is 10.4. The van der Waals surface area contributed by atoms with Crippen molar-refractivity contribution in [2.45, 2.75) is 57.1 Å². The van der Waals surface area contributed by atoms with E-state index in [1.165, 1.54) is 17.0 Å². The maximum Gasteiger partial charge on any atom is 0.264 e. The normalized spacial score (nSPS) is 12.7. The van der Waals surface area contributed by atoms with Crippen molar-refractivity contribution in [2.24, 2.45) is 0 Å². The Morgan fingerprint density at radius 3 is 2.09 bits per heavy atom. The largest absolute Gasteiger partial charge is 0.352 e. The number of aryl methyl sites for hydroxylation is 1. The van der Waals surface area contributed by atoms with Gasteiger partial charge in [-0.3, -0.25) is 13.9 Å². The molecule has 11 heteroatoms. The molecule has 242 valence electrons. The number of halogens is 3. The molecule has 0 aliphatic heterocycles. The van der Waals surface area contributed by atoms with Crippen molar-refractivity contribution in [2.75, 3.05) is 10.8 Å². The minimum atomic E-state index is -4.22. The van der Waals surface area contributed by atoms with Crippen LogP contribution >= 0.6 is 34.8 Å². The number of amides is 2. The highest BCUT2D eigenvalue weighted by Gasteiger charge is 2.35. The van der Waals surface area contributed by atoms with Gasteiger partial charge in [0.2, 0.25) is 11.8 Å². The van der Waals surface area contributed by atoms with Gasteiger partial charge in [-0.05, 0) is 79.9 Å². The number of rotatable bonds is 13. The molecule has 0 bridgehead atoms. The van der Waals surface area contributed by atoms with Crippen LogP contribution in [0, 0.1) is 6.92 Å². The molecule has 1 N–H and O–H groups in total. The number of carbonyl (C=O) groups excluding carboxylic acids is 2. The van der Waals surface area contributed by atoms with Crippen molar-refractivity contribution in [3.63, 3.8) is 0 Å². The first-order chi connectivity index (χ1) is 21.9. The highest BCUT2D eigenvalue weighted by Crippen LogP contribution is 2.28. The predicted molar refractivity (Wildman–Crippen MR) is 186 cm³/mol. The number of benzene rings is 4. The third-order valence-electron chi connectivity index (χ3n) is 7.61. The van der Waals surface area contributed by atoms with Gasteiger partial charge in [0.15, 0.2) is 0 Å². The van der Waals surface area contributed by atoms with Crippen LogP contribution in [0.15, 0.2) is 102 Å². The Morgan fingerprint density at radius 1 is 0.826 bits per heavy atom. The van der Waals surface area contributed by atoms with Crippen molar-refractivity contribution in [1.82, 2.24) is 10.2 Å². The van der Waals surface area contributed by atoms with Gasteiger partial charge in [0.05, 0.1) is 20.6 Å². The number of sulfonamides is 1. The molecule has 0 aliphatic carbocycles. The molecular weight excluding hydrogens is 665 g/mol. The van der Waals surface area contributed by atoms with E-state index in [1.54, 1.807) is 54.6 Å². The molecule has 0 spiro atoms. The first-order valence-electron chi connectivity index (χ1n) is 14.8. The second-order valence-corrected chi connectivity index (χ2v) is 14.2. The topological polar surface area (TPSA) is 86.8 Å². The average molecular weight is 701 g/mol. The summed E-state index contributed by atoms with van der Waals surface area (Å²) in [5.41, 5.74) is 2.59. The molecule has 4 aromatic rings. The third kappa shape index (κ3) is 9.04. The molecule has 0 saturated heterocycles.